The second-order valence-corrected chi connectivity index (χ2v) is 3.16. The van der Waals surface area contributed by atoms with Crippen molar-refractivity contribution in [2.75, 3.05) is 5.32 Å². The van der Waals surface area contributed by atoms with E-state index in [1.165, 1.54) is 24.3 Å². The second-order valence-electron chi connectivity index (χ2n) is 2.61. The third kappa shape index (κ3) is 2.52. The molecule has 1 aromatic carbocycles. The molecule has 0 aliphatic carbocycles. The van der Waals surface area contributed by atoms with Crippen molar-refractivity contribution in [2.24, 2.45) is 0 Å². The molecule has 0 heterocycles. The summed E-state index contributed by atoms with van der Waals surface area (Å²) in [4.78, 5) is 0. The molecule has 0 amide bonds. The number of anilines is 1. The Bertz CT molecular complexity index is 299. The van der Waals surface area contributed by atoms with Crippen LogP contribution in [0.25, 0.3) is 0 Å². The number of rotatable bonds is 2. The molecule has 1 atom stereocenters. The highest BCUT2D eigenvalue weighted by Gasteiger charge is 2.53. The number of hydrogen-bond donors (Lipinski definition) is 2. The minimum atomic E-state index is -4.94. The van der Waals surface area contributed by atoms with Gasteiger partial charge < -0.3 is 10.4 Å². The van der Waals surface area contributed by atoms with Gasteiger partial charge in [0, 0.05) is 5.69 Å². The molecule has 0 spiro atoms. The first-order valence-corrected chi connectivity index (χ1v) is 4.02. The fourth-order valence-corrected chi connectivity index (χ4v) is 0.893. The maximum absolute atomic E-state index is 12.1. The second kappa shape index (κ2) is 3.67. The number of aliphatic hydroxyl groups is 1. The lowest BCUT2D eigenvalue weighted by molar-refractivity contribution is -0.213. The van der Waals surface area contributed by atoms with E-state index in [2.05, 4.69) is 0 Å². The third-order valence-electron chi connectivity index (χ3n) is 1.46. The van der Waals surface area contributed by atoms with E-state index in [0.29, 0.717) is 0 Å². The van der Waals surface area contributed by atoms with E-state index in [1.807, 2.05) is 0 Å². The van der Waals surface area contributed by atoms with Gasteiger partial charge in [0.15, 0.2) is 0 Å². The molecule has 1 unspecified atom stereocenters. The summed E-state index contributed by atoms with van der Waals surface area (Å²) in [5, 5.41) is 7.15. The van der Waals surface area contributed by atoms with Crippen molar-refractivity contribution in [3.63, 3.8) is 0 Å². The number of hydrogen-bond acceptors (Lipinski definition) is 2. The average molecular weight is 226 g/mol. The first kappa shape index (κ1) is 11.1. The van der Waals surface area contributed by atoms with Crippen molar-refractivity contribution in [1.29, 1.82) is 0 Å². The van der Waals surface area contributed by atoms with Gasteiger partial charge >= 0.3 is 11.4 Å². The highest BCUT2D eigenvalue weighted by molar-refractivity contribution is 6.24. The van der Waals surface area contributed by atoms with E-state index in [-0.39, 0.29) is 5.69 Å². The molecule has 0 saturated carbocycles. The van der Waals surface area contributed by atoms with Crippen LogP contribution < -0.4 is 5.32 Å². The van der Waals surface area contributed by atoms with Gasteiger partial charge in [-0.05, 0) is 12.1 Å². The molecule has 1 aromatic rings. The van der Waals surface area contributed by atoms with Crippen LogP contribution in [0.2, 0.25) is 0 Å². The lowest BCUT2D eigenvalue weighted by Gasteiger charge is -2.25. The molecule has 0 fully saturated rings. The Morgan fingerprint density at radius 2 is 1.64 bits per heavy atom. The zero-order chi connectivity index (χ0) is 10.8. The molecule has 0 saturated heterocycles. The largest absolute Gasteiger partial charge is 0.452 e. The Balaban J connectivity index is 2.79. The monoisotopic (exact) mass is 225 g/mol. The molecular weight excluding hydrogens is 219 g/mol. The Morgan fingerprint density at radius 1 is 1.14 bits per heavy atom. The summed E-state index contributed by atoms with van der Waals surface area (Å²) in [7, 11) is 0. The van der Waals surface area contributed by atoms with Gasteiger partial charge in [-0.25, -0.2) is 0 Å². The summed E-state index contributed by atoms with van der Waals surface area (Å²) < 4.78 is 36.2. The van der Waals surface area contributed by atoms with E-state index < -0.39 is 11.4 Å². The van der Waals surface area contributed by atoms with E-state index in [0.717, 1.165) is 0 Å². The molecule has 14 heavy (non-hydrogen) atoms. The van der Waals surface area contributed by atoms with Gasteiger partial charge in [0.1, 0.15) is 0 Å². The normalized spacial score (nSPS) is 16.1. The van der Waals surface area contributed by atoms with Crippen LogP contribution in [0.15, 0.2) is 30.3 Å². The fourth-order valence-electron chi connectivity index (χ4n) is 0.784. The number of alkyl halides is 4. The minimum absolute atomic E-state index is 0.0855. The smallest absolute Gasteiger partial charge is 0.351 e. The Hall–Kier alpha value is -0.940. The number of benzene rings is 1. The number of nitrogens with one attached hydrogen (secondary N) is 1. The molecule has 0 aliphatic rings. The predicted molar refractivity (Wildman–Crippen MR) is 46.9 cm³/mol. The van der Waals surface area contributed by atoms with Crippen LogP contribution >= 0.6 is 11.6 Å². The Morgan fingerprint density at radius 3 is 2.07 bits per heavy atom. The quantitative estimate of drug-likeness (QED) is 0.461. The van der Waals surface area contributed by atoms with Gasteiger partial charge in [-0.2, -0.15) is 13.2 Å². The SMILES string of the molecule is OC(Cl)(Nc1ccccc1)C(F)(F)F. The zero-order valence-electron chi connectivity index (χ0n) is 6.85. The van der Waals surface area contributed by atoms with Crippen molar-refractivity contribution < 1.29 is 18.3 Å². The van der Waals surface area contributed by atoms with Crippen molar-refractivity contribution in [3.05, 3.63) is 30.3 Å². The van der Waals surface area contributed by atoms with E-state index in [9.17, 15) is 13.2 Å². The van der Waals surface area contributed by atoms with Crippen LogP contribution in [-0.2, 0) is 0 Å². The van der Waals surface area contributed by atoms with Gasteiger partial charge in [-0.15, -0.1) is 0 Å². The van der Waals surface area contributed by atoms with E-state index in [1.54, 1.807) is 11.4 Å². The fraction of sp³-hybridized carbons (Fsp3) is 0.250. The van der Waals surface area contributed by atoms with Crippen molar-refractivity contribution in [3.8, 4) is 0 Å². The molecule has 78 valence electrons. The maximum Gasteiger partial charge on any atom is 0.452 e. The van der Waals surface area contributed by atoms with Crippen molar-refractivity contribution in [2.45, 2.75) is 11.4 Å². The summed E-state index contributed by atoms with van der Waals surface area (Å²) >= 11 is 4.87. The molecule has 2 nitrogen and oxygen atoms in total. The summed E-state index contributed by atoms with van der Waals surface area (Å²) in [6.45, 7) is 0. The van der Waals surface area contributed by atoms with E-state index >= 15 is 0 Å². The molecule has 0 bridgehead atoms. The van der Waals surface area contributed by atoms with Crippen LogP contribution in [0.5, 0.6) is 0 Å². The van der Waals surface area contributed by atoms with E-state index in [4.69, 9.17) is 16.7 Å². The zero-order valence-corrected chi connectivity index (χ0v) is 7.60. The topological polar surface area (TPSA) is 32.3 Å². The van der Waals surface area contributed by atoms with Gasteiger partial charge in [-0.3, -0.25) is 0 Å². The van der Waals surface area contributed by atoms with Gasteiger partial charge in [-0.1, -0.05) is 29.8 Å². The first-order valence-electron chi connectivity index (χ1n) is 3.64. The molecule has 2 N–H and O–H groups in total. The number of halogens is 4. The maximum atomic E-state index is 12.1. The lowest BCUT2D eigenvalue weighted by atomic mass is 10.3. The van der Waals surface area contributed by atoms with Crippen molar-refractivity contribution in [1.82, 2.24) is 0 Å². The molecule has 6 heteroatoms. The summed E-state index contributed by atoms with van der Waals surface area (Å²) in [6, 6.07) is 7.39. The predicted octanol–water partition coefficient (Wildman–Crippen LogP) is 2.55. The highest BCUT2D eigenvalue weighted by atomic mass is 35.5. The minimum Gasteiger partial charge on any atom is -0.351 e. The van der Waals surface area contributed by atoms with Crippen LogP contribution in [0.3, 0.4) is 0 Å². The molecule has 1 rings (SSSR count). The summed E-state index contributed by atoms with van der Waals surface area (Å²) in [6.07, 6.45) is -4.94. The number of para-hydroxylation sites is 1. The van der Waals surface area contributed by atoms with Crippen LogP contribution in [0.1, 0.15) is 0 Å². The highest BCUT2D eigenvalue weighted by Crippen LogP contribution is 2.34. The van der Waals surface area contributed by atoms with Gasteiger partial charge in [0.2, 0.25) is 0 Å². The Kier molecular flexibility index (Phi) is 2.92. The summed E-state index contributed by atoms with van der Waals surface area (Å²) in [5.74, 6) is 0. The molecule has 0 radical (unpaired) electrons. The van der Waals surface area contributed by atoms with Crippen LogP contribution in [0, 0.1) is 0 Å². The van der Waals surface area contributed by atoms with Crippen LogP contribution in [0.4, 0.5) is 18.9 Å². The first-order chi connectivity index (χ1) is 6.33. The van der Waals surface area contributed by atoms with Gasteiger partial charge in [0.25, 0.3) is 0 Å². The van der Waals surface area contributed by atoms with Crippen LogP contribution in [-0.4, -0.2) is 16.5 Å². The van der Waals surface area contributed by atoms with Gasteiger partial charge in [0.05, 0.1) is 0 Å². The lowest BCUT2D eigenvalue weighted by Crippen LogP contribution is -2.46. The molecule has 0 aromatic heterocycles. The molecule has 0 aliphatic heterocycles. The standard InChI is InChI=1S/C8H7ClF3NO/c9-7(14,8(10,11)12)13-6-4-2-1-3-5-6/h1-5,13-14H. The Labute approximate surface area is 83.3 Å². The third-order valence-corrected chi connectivity index (χ3v) is 1.77. The molecular formula is C8H7ClF3NO. The average Bonchev–Trinajstić information content (AvgIpc) is 2.03. The van der Waals surface area contributed by atoms with Crippen molar-refractivity contribution >= 4 is 17.3 Å². The summed E-state index contributed by atoms with van der Waals surface area (Å²) in [5.41, 5.74) is 0.0855.